The van der Waals surface area contributed by atoms with Crippen LogP contribution in [0.15, 0.2) is 35.5 Å². The van der Waals surface area contributed by atoms with E-state index in [1.54, 1.807) is 35.1 Å². The van der Waals surface area contributed by atoms with Crippen molar-refractivity contribution in [2.75, 3.05) is 11.1 Å². The molecule has 1 fully saturated rings. The number of amides is 1. The molecular weight excluding hydrogens is 432 g/mol. The van der Waals surface area contributed by atoms with E-state index in [9.17, 15) is 9.18 Å². The van der Waals surface area contributed by atoms with Gasteiger partial charge in [0.15, 0.2) is 11.6 Å². The number of aromatic amines is 1. The summed E-state index contributed by atoms with van der Waals surface area (Å²) >= 11 is 7.80. The van der Waals surface area contributed by atoms with Gasteiger partial charge in [-0.25, -0.2) is 13.3 Å². The highest BCUT2D eigenvalue weighted by molar-refractivity contribution is 7.99. The van der Waals surface area contributed by atoms with E-state index in [-0.39, 0.29) is 17.4 Å². The van der Waals surface area contributed by atoms with Crippen molar-refractivity contribution >= 4 is 51.5 Å². The van der Waals surface area contributed by atoms with Crippen LogP contribution < -0.4 is 5.32 Å². The van der Waals surface area contributed by atoms with Crippen LogP contribution in [0.1, 0.15) is 13.3 Å². The maximum atomic E-state index is 15.0. The number of rotatable bonds is 5. The molecule has 2 unspecified atom stereocenters. The SMILES string of the molecule is CCSc1c(F)c(Cl)c(-c2ccn3nc(NC(=O)C4CC4F)cc3c2)c2cn[nH]c12. The number of fused-ring (bicyclic) bond motifs is 2. The molecule has 1 aliphatic carbocycles. The van der Waals surface area contributed by atoms with Crippen LogP contribution in [-0.2, 0) is 4.79 Å². The Morgan fingerprint density at radius 1 is 1.47 bits per heavy atom. The summed E-state index contributed by atoms with van der Waals surface area (Å²) in [6.45, 7) is 1.94. The molecule has 3 heterocycles. The summed E-state index contributed by atoms with van der Waals surface area (Å²) in [5.74, 6) is -0.430. The van der Waals surface area contributed by atoms with Gasteiger partial charge in [0.1, 0.15) is 6.17 Å². The van der Waals surface area contributed by atoms with Gasteiger partial charge in [0.2, 0.25) is 5.91 Å². The van der Waals surface area contributed by atoms with Gasteiger partial charge in [0, 0.05) is 23.2 Å². The van der Waals surface area contributed by atoms with Crippen LogP contribution in [0.25, 0.3) is 27.5 Å². The van der Waals surface area contributed by atoms with Crippen molar-refractivity contribution < 1.29 is 13.6 Å². The molecule has 0 saturated heterocycles. The molecule has 1 aliphatic rings. The molecule has 0 radical (unpaired) electrons. The standard InChI is InChI=1S/C20H16ClF2N5OS/c1-2-30-19-17(23)16(21)15(12-8-24-26-18(12)19)9-3-4-28-10(5-9)6-14(27-28)25-20(29)11-7-13(11)22/h3-6,8,11,13H,2,7H2,1H3,(H,24,26)(H,25,27,29). The van der Waals surface area contributed by atoms with E-state index < -0.39 is 17.9 Å². The Labute approximate surface area is 179 Å². The molecule has 6 nitrogen and oxygen atoms in total. The molecule has 4 aromatic rings. The number of hydrogen-bond donors (Lipinski definition) is 2. The number of thioether (sulfide) groups is 1. The molecule has 0 bridgehead atoms. The summed E-state index contributed by atoms with van der Waals surface area (Å²) in [4.78, 5) is 12.4. The average Bonchev–Trinajstić information content (AvgIpc) is 3.11. The van der Waals surface area contributed by atoms with E-state index in [2.05, 4.69) is 20.6 Å². The number of carbonyl (C=O) groups is 1. The molecule has 1 aromatic carbocycles. The summed E-state index contributed by atoms with van der Waals surface area (Å²) in [5.41, 5.74) is 2.50. The number of alkyl halides is 1. The van der Waals surface area contributed by atoms with E-state index in [1.165, 1.54) is 11.8 Å². The minimum atomic E-state index is -1.07. The predicted octanol–water partition coefficient (Wildman–Crippen LogP) is 5.08. The molecule has 30 heavy (non-hydrogen) atoms. The number of anilines is 1. The Hall–Kier alpha value is -2.65. The van der Waals surface area contributed by atoms with Crippen molar-refractivity contribution in [2.24, 2.45) is 5.92 Å². The molecule has 2 atom stereocenters. The van der Waals surface area contributed by atoms with Gasteiger partial charge in [-0.2, -0.15) is 10.2 Å². The molecule has 5 rings (SSSR count). The van der Waals surface area contributed by atoms with Crippen LogP contribution in [-0.4, -0.2) is 37.6 Å². The third-order valence-corrected chi connectivity index (χ3v) is 6.40. The first-order valence-electron chi connectivity index (χ1n) is 9.39. The third kappa shape index (κ3) is 3.13. The van der Waals surface area contributed by atoms with Gasteiger partial charge in [-0.15, -0.1) is 11.8 Å². The van der Waals surface area contributed by atoms with Gasteiger partial charge in [0.25, 0.3) is 0 Å². The number of hydrogen-bond acceptors (Lipinski definition) is 4. The van der Waals surface area contributed by atoms with Crippen molar-refractivity contribution in [3.63, 3.8) is 0 Å². The van der Waals surface area contributed by atoms with Crippen LogP contribution in [0.4, 0.5) is 14.6 Å². The molecule has 0 aliphatic heterocycles. The van der Waals surface area contributed by atoms with Crippen LogP contribution in [0.5, 0.6) is 0 Å². The Bertz CT molecular complexity index is 1300. The van der Waals surface area contributed by atoms with E-state index in [0.717, 1.165) is 5.39 Å². The number of carbonyl (C=O) groups excluding carboxylic acids is 1. The first-order chi connectivity index (χ1) is 14.5. The summed E-state index contributed by atoms with van der Waals surface area (Å²) in [5, 5.41) is 14.6. The maximum Gasteiger partial charge on any atom is 0.231 e. The van der Waals surface area contributed by atoms with Crippen molar-refractivity contribution in [1.82, 2.24) is 19.8 Å². The lowest BCUT2D eigenvalue weighted by molar-refractivity contribution is -0.117. The van der Waals surface area contributed by atoms with Crippen molar-refractivity contribution in [3.8, 4) is 11.1 Å². The Morgan fingerprint density at radius 3 is 3.00 bits per heavy atom. The fourth-order valence-corrected chi connectivity index (χ4v) is 4.69. The lowest BCUT2D eigenvalue weighted by atomic mass is 10.0. The van der Waals surface area contributed by atoms with Crippen molar-refractivity contribution in [3.05, 3.63) is 41.4 Å². The number of nitrogens with zero attached hydrogens (tertiary/aromatic N) is 3. The molecule has 1 saturated carbocycles. The first-order valence-corrected chi connectivity index (χ1v) is 10.8. The monoisotopic (exact) mass is 447 g/mol. The second-order valence-corrected chi connectivity index (χ2v) is 8.74. The van der Waals surface area contributed by atoms with Crippen LogP contribution >= 0.6 is 23.4 Å². The van der Waals surface area contributed by atoms with E-state index in [4.69, 9.17) is 11.6 Å². The molecule has 154 valence electrons. The van der Waals surface area contributed by atoms with Gasteiger partial charge in [-0.1, -0.05) is 18.5 Å². The smallest absolute Gasteiger partial charge is 0.231 e. The molecule has 2 N–H and O–H groups in total. The van der Waals surface area contributed by atoms with Crippen molar-refractivity contribution in [2.45, 2.75) is 24.4 Å². The zero-order chi connectivity index (χ0) is 21.0. The highest BCUT2D eigenvalue weighted by Gasteiger charge is 2.43. The summed E-state index contributed by atoms with van der Waals surface area (Å²) in [6.07, 6.45) is 2.51. The van der Waals surface area contributed by atoms with E-state index in [1.807, 2.05) is 6.92 Å². The van der Waals surface area contributed by atoms with E-state index >= 15 is 4.39 Å². The van der Waals surface area contributed by atoms with Crippen molar-refractivity contribution in [1.29, 1.82) is 0 Å². The fraction of sp³-hybridized carbons (Fsp3) is 0.250. The zero-order valence-corrected chi connectivity index (χ0v) is 17.3. The Balaban J connectivity index is 1.57. The van der Waals surface area contributed by atoms with Crippen LogP contribution in [0.3, 0.4) is 0 Å². The molecular formula is C20H16ClF2N5OS. The lowest BCUT2D eigenvalue weighted by Crippen LogP contribution is -2.15. The minimum absolute atomic E-state index is 0.0277. The number of halogens is 3. The summed E-state index contributed by atoms with van der Waals surface area (Å²) < 4.78 is 29.7. The molecule has 0 spiro atoms. The number of benzene rings is 1. The highest BCUT2D eigenvalue weighted by Crippen LogP contribution is 2.42. The molecule has 3 aromatic heterocycles. The van der Waals surface area contributed by atoms with Crippen LogP contribution in [0.2, 0.25) is 5.02 Å². The normalized spacial score (nSPS) is 18.3. The number of pyridine rings is 1. The number of aromatic nitrogens is 4. The number of nitrogens with one attached hydrogen (secondary N) is 2. The van der Waals surface area contributed by atoms with Gasteiger partial charge >= 0.3 is 0 Å². The topological polar surface area (TPSA) is 75.1 Å². The fourth-order valence-electron chi connectivity index (χ4n) is 3.51. The zero-order valence-electron chi connectivity index (χ0n) is 15.7. The quantitative estimate of drug-likeness (QED) is 0.418. The second-order valence-electron chi connectivity index (χ2n) is 7.09. The largest absolute Gasteiger partial charge is 0.309 e. The van der Waals surface area contributed by atoms with Gasteiger partial charge < -0.3 is 5.32 Å². The third-order valence-electron chi connectivity index (χ3n) is 5.09. The van der Waals surface area contributed by atoms with Gasteiger partial charge in [-0.3, -0.25) is 9.89 Å². The second kappa shape index (κ2) is 7.24. The van der Waals surface area contributed by atoms with Crippen LogP contribution in [0, 0.1) is 11.7 Å². The summed E-state index contributed by atoms with van der Waals surface area (Å²) in [6, 6.07) is 5.25. The van der Waals surface area contributed by atoms with Gasteiger partial charge in [0.05, 0.1) is 33.1 Å². The summed E-state index contributed by atoms with van der Waals surface area (Å²) in [7, 11) is 0. The predicted molar refractivity (Wildman–Crippen MR) is 113 cm³/mol. The lowest BCUT2D eigenvalue weighted by Gasteiger charge is -2.12. The average molecular weight is 448 g/mol. The molecule has 1 amide bonds. The highest BCUT2D eigenvalue weighted by atomic mass is 35.5. The maximum absolute atomic E-state index is 15.0. The number of H-pyrrole nitrogens is 1. The van der Waals surface area contributed by atoms with Gasteiger partial charge in [-0.05, 0) is 29.9 Å². The first kappa shape index (κ1) is 19.3. The Kier molecular flexibility index (Phi) is 4.67. The molecule has 10 heteroatoms. The minimum Gasteiger partial charge on any atom is -0.309 e. The van der Waals surface area contributed by atoms with E-state index in [0.29, 0.717) is 38.6 Å². The Morgan fingerprint density at radius 2 is 2.27 bits per heavy atom.